The molecule has 0 fully saturated rings. The van der Waals surface area contributed by atoms with Gasteiger partial charge in [0.1, 0.15) is 5.75 Å². The standard InChI is InChI=1S/C17H14Cl2N2O4/c1-2-15-17(22)20(9-11-12(18)4-3-5-13(11)19)14-8-10(21(23)24)6-7-16(14)25-15/h3-8,15H,2,9H2,1H3. The fraction of sp³-hybridized carbons (Fsp3) is 0.235. The Morgan fingerprint density at radius 1 is 1.24 bits per heavy atom. The highest BCUT2D eigenvalue weighted by atomic mass is 35.5. The highest BCUT2D eigenvalue weighted by molar-refractivity contribution is 6.36. The van der Waals surface area contributed by atoms with Crippen molar-refractivity contribution >= 4 is 40.5 Å². The molecular weight excluding hydrogens is 367 g/mol. The van der Waals surface area contributed by atoms with E-state index in [0.29, 0.717) is 33.5 Å². The summed E-state index contributed by atoms with van der Waals surface area (Å²) >= 11 is 12.4. The number of ether oxygens (including phenoxy) is 1. The van der Waals surface area contributed by atoms with Crippen molar-refractivity contribution in [1.82, 2.24) is 0 Å². The lowest BCUT2D eigenvalue weighted by molar-refractivity contribution is -0.384. The van der Waals surface area contributed by atoms with Crippen molar-refractivity contribution in [2.24, 2.45) is 0 Å². The van der Waals surface area contributed by atoms with E-state index in [2.05, 4.69) is 0 Å². The largest absolute Gasteiger partial charge is 0.478 e. The summed E-state index contributed by atoms with van der Waals surface area (Å²) < 4.78 is 5.68. The summed E-state index contributed by atoms with van der Waals surface area (Å²) in [5.41, 5.74) is 0.786. The van der Waals surface area contributed by atoms with Crippen LogP contribution in [0.5, 0.6) is 5.75 Å². The maximum Gasteiger partial charge on any atom is 0.271 e. The molecule has 2 aromatic rings. The molecule has 1 unspecified atom stereocenters. The summed E-state index contributed by atoms with van der Waals surface area (Å²) in [6, 6.07) is 9.25. The third kappa shape index (κ3) is 3.27. The smallest absolute Gasteiger partial charge is 0.271 e. The third-order valence-corrected chi connectivity index (χ3v) is 4.71. The lowest BCUT2D eigenvalue weighted by Gasteiger charge is -2.34. The number of fused-ring (bicyclic) bond motifs is 1. The molecule has 0 aliphatic carbocycles. The second-order valence-corrected chi connectivity index (χ2v) is 6.36. The van der Waals surface area contributed by atoms with Crippen molar-refractivity contribution in [3.05, 3.63) is 62.1 Å². The van der Waals surface area contributed by atoms with E-state index in [1.807, 2.05) is 6.92 Å². The van der Waals surface area contributed by atoms with Crippen molar-refractivity contribution in [3.63, 3.8) is 0 Å². The fourth-order valence-corrected chi connectivity index (χ4v) is 3.21. The van der Waals surface area contributed by atoms with E-state index in [1.54, 1.807) is 18.2 Å². The molecule has 1 aliphatic rings. The van der Waals surface area contributed by atoms with Crippen LogP contribution in [0.25, 0.3) is 0 Å². The van der Waals surface area contributed by atoms with Crippen LogP contribution in [0.4, 0.5) is 11.4 Å². The molecule has 1 atom stereocenters. The van der Waals surface area contributed by atoms with Crippen molar-refractivity contribution in [2.75, 3.05) is 4.90 Å². The molecule has 0 saturated heterocycles. The Bertz CT molecular complexity index is 836. The number of nitro groups is 1. The molecule has 0 bridgehead atoms. The van der Waals surface area contributed by atoms with Gasteiger partial charge < -0.3 is 9.64 Å². The number of benzene rings is 2. The molecule has 0 spiro atoms. The molecule has 6 nitrogen and oxygen atoms in total. The van der Waals surface area contributed by atoms with E-state index in [1.165, 1.54) is 23.1 Å². The van der Waals surface area contributed by atoms with Gasteiger partial charge in [-0.3, -0.25) is 14.9 Å². The average Bonchev–Trinajstić information content (AvgIpc) is 2.59. The first-order valence-electron chi connectivity index (χ1n) is 7.61. The van der Waals surface area contributed by atoms with Gasteiger partial charge in [-0.05, 0) is 24.6 Å². The minimum absolute atomic E-state index is 0.103. The number of hydrogen-bond donors (Lipinski definition) is 0. The number of nitrogens with zero attached hydrogens (tertiary/aromatic N) is 2. The number of rotatable bonds is 4. The molecular formula is C17H14Cl2N2O4. The Balaban J connectivity index is 2.09. The Kier molecular flexibility index (Phi) is 4.83. The summed E-state index contributed by atoms with van der Waals surface area (Å²) in [4.78, 5) is 24.8. The molecule has 1 amide bonds. The van der Waals surface area contributed by atoms with Crippen LogP contribution in [0, 0.1) is 10.1 Å². The molecule has 0 saturated carbocycles. The molecule has 2 aromatic carbocycles. The number of carbonyl (C=O) groups is 1. The monoisotopic (exact) mass is 380 g/mol. The number of carbonyl (C=O) groups excluding carboxylic acids is 1. The van der Waals surface area contributed by atoms with E-state index in [9.17, 15) is 14.9 Å². The molecule has 1 heterocycles. The van der Waals surface area contributed by atoms with Gasteiger partial charge in [-0.25, -0.2) is 0 Å². The van der Waals surface area contributed by atoms with Gasteiger partial charge in [-0.15, -0.1) is 0 Å². The SMILES string of the molecule is CCC1Oc2ccc([N+](=O)[O-])cc2N(Cc2c(Cl)cccc2Cl)C1=O. The van der Waals surface area contributed by atoms with Crippen LogP contribution in [0.3, 0.4) is 0 Å². The van der Waals surface area contributed by atoms with Crippen molar-refractivity contribution in [1.29, 1.82) is 0 Å². The van der Waals surface area contributed by atoms with Gasteiger partial charge in [0.25, 0.3) is 11.6 Å². The van der Waals surface area contributed by atoms with Crippen molar-refractivity contribution in [2.45, 2.75) is 26.0 Å². The van der Waals surface area contributed by atoms with E-state index >= 15 is 0 Å². The second-order valence-electron chi connectivity index (χ2n) is 5.55. The van der Waals surface area contributed by atoms with Gasteiger partial charge in [0.15, 0.2) is 6.10 Å². The Hall–Kier alpha value is -2.31. The number of non-ortho nitro benzene ring substituents is 1. The van der Waals surface area contributed by atoms with Crippen LogP contribution in [0.15, 0.2) is 36.4 Å². The summed E-state index contributed by atoms with van der Waals surface area (Å²) in [7, 11) is 0. The molecule has 130 valence electrons. The topological polar surface area (TPSA) is 72.7 Å². The minimum Gasteiger partial charge on any atom is -0.478 e. The first-order chi connectivity index (χ1) is 11.9. The number of anilines is 1. The van der Waals surface area contributed by atoms with Gasteiger partial charge in [0, 0.05) is 27.7 Å². The maximum atomic E-state index is 12.8. The number of halogens is 2. The van der Waals surface area contributed by atoms with E-state index < -0.39 is 11.0 Å². The summed E-state index contributed by atoms with van der Waals surface area (Å²) in [6.45, 7) is 1.94. The van der Waals surface area contributed by atoms with Crippen LogP contribution in [-0.2, 0) is 11.3 Å². The molecule has 8 heteroatoms. The summed E-state index contributed by atoms with van der Waals surface area (Å²) in [5.74, 6) is 0.131. The van der Waals surface area contributed by atoms with Gasteiger partial charge in [0.2, 0.25) is 0 Å². The molecule has 0 radical (unpaired) electrons. The van der Waals surface area contributed by atoms with Crippen LogP contribution in [0.2, 0.25) is 10.0 Å². The number of nitro benzene ring substituents is 1. The fourth-order valence-electron chi connectivity index (χ4n) is 2.69. The van der Waals surface area contributed by atoms with E-state index in [0.717, 1.165) is 0 Å². The lowest BCUT2D eigenvalue weighted by atomic mass is 10.1. The zero-order chi connectivity index (χ0) is 18.1. The van der Waals surface area contributed by atoms with Gasteiger partial charge in [-0.2, -0.15) is 0 Å². The number of amides is 1. The lowest BCUT2D eigenvalue weighted by Crippen LogP contribution is -2.45. The molecule has 0 aromatic heterocycles. The predicted octanol–water partition coefficient (Wildman–Crippen LogP) is 4.61. The highest BCUT2D eigenvalue weighted by Gasteiger charge is 2.35. The normalized spacial score (nSPS) is 16.4. The van der Waals surface area contributed by atoms with E-state index in [-0.39, 0.29) is 18.1 Å². The zero-order valence-corrected chi connectivity index (χ0v) is 14.8. The molecule has 0 N–H and O–H groups in total. The Morgan fingerprint density at radius 3 is 2.52 bits per heavy atom. The Morgan fingerprint density at radius 2 is 1.92 bits per heavy atom. The Labute approximate surface area is 154 Å². The third-order valence-electron chi connectivity index (χ3n) is 4.00. The molecule has 1 aliphatic heterocycles. The average molecular weight is 381 g/mol. The molecule has 25 heavy (non-hydrogen) atoms. The number of hydrogen-bond acceptors (Lipinski definition) is 4. The van der Waals surface area contributed by atoms with Crippen LogP contribution >= 0.6 is 23.2 Å². The van der Waals surface area contributed by atoms with Gasteiger partial charge in [-0.1, -0.05) is 36.2 Å². The second kappa shape index (κ2) is 6.90. The molecule has 3 rings (SSSR count). The maximum absolute atomic E-state index is 12.8. The van der Waals surface area contributed by atoms with E-state index in [4.69, 9.17) is 27.9 Å². The summed E-state index contributed by atoms with van der Waals surface area (Å²) in [6.07, 6.45) is -0.183. The predicted molar refractivity (Wildman–Crippen MR) is 95.5 cm³/mol. The quantitative estimate of drug-likeness (QED) is 0.573. The van der Waals surface area contributed by atoms with Gasteiger partial charge >= 0.3 is 0 Å². The minimum atomic E-state index is -0.657. The van der Waals surface area contributed by atoms with Crippen LogP contribution < -0.4 is 9.64 Å². The van der Waals surface area contributed by atoms with Crippen molar-refractivity contribution in [3.8, 4) is 5.75 Å². The summed E-state index contributed by atoms with van der Waals surface area (Å²) in [5, 5.41) is 11.9. The van der Waals surface area contributed by atoms with Crippen molar-refractivity contribution < 1.29 is 14.5 Å². The highest BCUT2D eigenvalue weighted by Crippen LogP contribution is 2.39. The zero-order valence-electron chi connectivity index (χ0n) is 13.2. The first kappa shape index (κ1) is 17.5. The first-order valence-corrected chi connectivity index (χ1v) is 8.37. The van der Waals surface area contributed by atoms with Crippen LogP contribution in [-0.4, -0.2) is 16.9 Å². The van der Waals surface area contributed by atoms with Gasteiger partial charge in [0.05, 0.1) is 17.2 Å². The van der Waals surface area contributed by atoms with Crippen LogP contribution in [0.1, 0.15) is 18.9 Å².